The van der Waals surface area contributed by atoms with Gasteiger partial charge in [-0.3, -0.25) is 4.79 Å². The van der Waals surface area contributed by atoms with Crippen molar-refractivity contribution < 1.29 is 27.8 Å². The number of hydrogen-bond acceptors (Lipinski definition) is 2. The Balaban J connectivity index is 2.54. The Hall–Kier alpha value is -2.24. The van der Waals surface area contributed by atoms with Gasteiger partial charge in [0.15, 0.2) is 0 Å². The number of ether oxygens (including phenoxy) is 1. The summed E-state index contributed by atoms with van der Waals surface area (Å²) in [6.45, 7) is 0. The standard InChI is InChI=1S/C13H9F3O3/c14-13(15,16)19-11-6-2-4-9-8(7-12(17)18)3-1-5-10(9)11/h1-6H,7H2,(H,17,18). The molecule has 0 bridgehead atoms. The predicted octanol–water partition coefficient (Wildman–Crippen LogP) is 3.37. The summed E-state index contributed by atoms with van der Waals surface area (Å²) in [5.41, 5.74) is 0.442. The van der Waals surface area contributed by atoms with Gasteiger partial charge in [0.2, 0.25) is 0 Å². The number of aliphatic carboxylic acids is 1. The molecule has 0 atom stereocenters. The highest BCUT2D eigenvalue weighted by molar-refractivity contribution is 5.92. The van der Waals surface area contributed by atoms with Crippen molar-refractivity contribution in [1.29, 1.82) is 0 Å². The maximum Gasteiger partial charge on any atom is 0.573 e. The lowest BCUT2D eigenvalue weighted by Crippen LogP contribution is -2.17. The monoisotopic (exact) mass is 270 g/mol. The molecule has 0 unspecified atom stereocenters. The molecule has 0 radical (unpaired) electrons. The van der Waals surface area contributed by atoms with Crippen LogP contribution in [-0.2, 0) is 11.2 Å². The van der Waals surface area contributed by atoms with Crippen LogP contribution in [0.2, 0.25) is 0 Å². The van der Waals surface area contributed by atoms with Crippen molar-refractivity contribution in [3.8, 4) is 5.75 Å². The van der Waals surface area contributed by atoms with Crippen molar-refractivity contribution in [3.05, 3.63) is 42.0 Å². The molecule has 0 fully saturated rings. The molecule has 2 aromatic carbocycles. The molecular weight excluding hydrogens is 261 g/mol. The molecule has 100 valence electrons. The highest BCUT2D eigenvalue weighted by atomic mass is 19.4. The molecule has 0 saturated carbocycles. The van der Waals surface area contributed by atoms with E-state index in [1.54, 1.807) is 12.1 Å². The van der Waals surface area contributed by atoms with Gasteiger partial charge in [-0.25, -0.2) is 0 Å². The fourth-order valence-corrected chi connectivity index (χ4v) is 1.88. The summed E-state index contributed by atoms with van der Waals surface area (Å²) < 4.78 is 40.7. The van der Waals surface area contributed by atoms with Crippen molar-refractivity contribution in [2.45, 2.75) is 12.8 Å². The van der Waals surface area contributed by atoms with E-state index < -0.39 is 12.3 Å². The summed E-state index contributed by atoms with van der Waals surface area (Å²) in [5, 5.41) is 9.44. The molecule has 0 aromatic heterocycles. The van der Waals surface area contributed by atoms with Gasteiger partial charge in [0.05, 0.1) is 6.42 Å². The molecule has 2 aromatic rings. The minimum atomic E-state index is -4.78. The highest BCUT2D eigenvalue weighted by Gasteiger charge is 2.31. The third kappa shape index (κ3) is 3.15. The predicted molar refractivity (Wildman–Crippen MR) is 62.0 cm³/mol. The minimum absolute atomic E-state index is 0.235. The first-order chi connectivity index (χ1) is 8.87. The second kappa shape index (κ2) is 4.79. The molecule has 0 spiro atoms. The third-order valence-electron chi connectivity index (χ3n) is 2.54. The summed E-state index contributed by atoms with van der Waals surface area (Å²) in [6, 6.07) is 8.69. The van der Waals surface area contributed by atoms with E-state index in [4.69, 9.17) is 5.11 Å². The first-order valence-corrected chi connectivity index (χ1v) is 5.35. The number of fused-ring (bicyclic) bond motifs is 1. The number of carboxylic acid groups (broad SMARTS) is 1. The van der Waals surface area contributed by atoms with Crippen LogP contribution < -0.4 is 4.74 Å². The quantitative estimate of drug-likeness (QED) is 0.930. The second-order valence-corrected chi connectivity index (χ2v) is 3.89. The summed E-state index contributed by atoms with van der Waals surface area (Å²) in [7, 11) is 0. The van der Waals surface area contributed by atoms with Gasteiger partial charge in [-0.2, -0.15) is 0 Å². The molecule has 6 heteroatoms. The van der Waals surface area contributed by atoms with E-state index in [1.807, 2.05) is 0 Å². The lowest BCUT2D eigenvalue weighted by atomic mass is 10.0. The molecular formula is C13H9F3O3. The Morgan fingerprint density at radius 1 is 1.11 bits per heavy atom. The van der Waals surface area contributed by atoms with Gasteiger partial charge in [-0.05, 0) is 17.0 Å². The molecule has 0 aliphatic heterocycles. The van der Waals surface area contributed by atoms with Crippen molar-refractivity contribution in [2.24, 2.45) is 0 Å². The van der Waals surface area contributed by atoms with E-state index in [0.717, 1.165) is 0 Å². The smallest absolute Gasteiger partial charge is 0.481 e. The SMILES string of the molecule is O=C(O)Cc1cccc2c(OC(F)(F)F)cccc12. The Kier molecular flexibility index (Phi) is 3.33. The van der Waals surface area contributed by atoms with E-state index in [1.165, 1.54) is 24.3 Å². The van der Waals surface area contributed by atoms with Gasteiger partial charge >= 0.3 is 12.3 Å². The minimum Gasteiger partial charge on any atom is -0.481 e. The average molecular weight is 270 g/mol. The Labute approximate surface area is 106 Å². The van der Waals surface area contributed by atoms with Gasteiger partial charge in [0.1, 0.15) is 5.75 Å². The average Bonchev–Trinajstić information content (AvgIpc) is 2.27. The number of carboxylic acids is 1. The Morgan fingerprint density at radius 3 is 2.37 bits per heavy atom. The van der Waals surface area contributed by atoms with Gasteiger partial charge in [-0.1, -0.05) is 30.3 Å². The zero-order valence-corrected chi connectivity index (χ0v) is 9.57. The molecule has 2 rings (SSSR count). The molecule has 1 N–H and O–H groups in total. The van der Waals surface area contributed by atoms with Crippen LogP contribution in [0.25, 0.3) is 10.8 Å². The first kappa shape index (κ1) is 13.2. The maximum absolute atomic E-state index is 12.3. The second-order valence-electron chi connectivity index (χ2n) is 3.89. The third-order valence-corrected chi connectivity index (χ3v) is 2.54. The van der Waals surface area contributed by atoms with E-state index in [-0.39, 0.29) is 17.6 Å². The van der Waals surface area contributed by atoms with Crippen molar-refractivity contribution in [2.75, 3.05) is 0 Å². The molecule has 19 heavy (non-hydrogen) atoms. The zero-order valence-electron chi connectivity index (χ0n) is 9.57. The van der Waals surface area contributed by atoms with Gasteiger partial charge in [0, 0.05) is 5.39 Å². The lowest BCUT2D eigenvalue weighted by Gasteiger charge is -2.12. The van der Waals surface area contributed by atoms with Gasteiger partial charge in [-0.15, -0.1) is 13.2 Å². The molecule has 0 aliphatic carbocycles. The fourth-order valence-electron chi connectivity index (χ4n) is 1.88. The number of benzene rings is 2. The molecule has 0 heterocycles. The Bertz CT molecular complexity index is 620. The number of halogens is 3. The Morgan fingerprint density at radius 2 is 1.74 bits per heavy atom. The van der Waals surface area contributed by atoms with Crippen molar-refractivity contribution in [1.82, 2.24) is 0 Å². The number of carbonyl (C=O) groups is 1. The number of hydrogen-bond donors (Lipinski definition) is 1. The lowest BCUT2D eigenvalue weighted by molar-refractivity contribution is -0.274. The summed E-state index contributed by atoms with van der Waals surface area (Å²) in [6.07, 6.45) is -5.04. The summed E-state index contributed by atoms with van der Waals surface area (Å²) in [4.78, 5) is 10.7. The summed E-state index contributed by atoms with van der Waals surface area (Å²) in [5.74, 6) is -1.38. The zero-order chi connectivity index (χ0) is 14.0. The van der Waals surface area contributed by atoms with E-state index in [9.17, 15) is 18.0 Å². The van der Waals surface area contributed by atoms with Crippen LogP contribution in [0.4, 0.5) is 13.2 Å². The van der Waals surface area contributed by atoms with Crippen LogP contribution in [-0.4, -0.2) is 17.4 Å². The molecule has 3 nitrogen and oxygen atoms in total. The van der Waals surface area contributed by atoms with Crippen LogP contribution in [0, 0.1) is 0 Å². The number of rotatable bonds is 3. The largest absolute Gasteiger partial charge is 0.573 e. The van der Waals surface area contributed by atoms with Crippen molar-refractivity contribution >= 4 is 16.7 Å². The van der Waals surface area contributed by atoms with Gasteiger partial charge in [0.25, 0.3) is 0 Å². The van der Waals surface area contributed by atoms with E-state index in [0.29, 0.717) is 10.9 Å². The van der Waals surface area contributed by atoms with Crippen LogP contribution in [0.3, 0.4) is 0 Å². The normalized spacial score (nSPS) is 11.5. The fraction of sp³-hybridized carbons (Fsp3) is 0.154. The molecule has 0 amide bonds. The number of alkyl halides is 3. The van der Waals surface area contributed by atoms with Gasteiger partial charge < -0.3 is 9.84 Å². The van der Waals surface area contributed by atoms with E-state index >= 15 is 0 Å². The topological polar surface area (TPSA) is 46.5 Å². The van der Waals surface area contributed by atoms with Crippen LogP contribution >= 0.6 is 0 Å². The first-order valence-electron chi connectivity index (χ1n) is 5.35. The van der Waals surface area contributed by atoms with Crippen LogP contribution in [0.5, 0.6) is 5.75 Å². The van der Waals surface area contributed by atoms with Crippen molar-refractivity contribution in [3.63, 3.8) is 0 Å². The molecule has 0 saturated heterocycles. The van der Waals surface area contributed by atoms with Crippen LogP contribution in [0.1, 0.15) is 5.56 Å². The highest BCUT2D eigenvalue weighted by Crippen LogP contribution is 2.32. The molecule has 0 aliphatic rings. The summed E-state index contributed by atoms with van der Waals surface area (Å²) >= 11 is 0. The van der Waals surface area contributed by atoms with E-state index in [2.05, 4.69) is 4.74 Å². The maximum atomic E-state index is 12.3. The van der Waals surface area contributed by atoms with Crippen LogP contribution in [0.15, 0.2) is 36.4 Å².